The molecule has 0 aliphatic heterocycles. The minimum absolute atomic E-state index is 0.218. The minimum atomic E-state index is -3.56. The summed E-state index contributed by atoms with van der Waals surface area (Å²) in [5.41, 5.74) is 2.69. The number of hydrogen-bond donors (Lipinski definition) is 1. The SMILES string of the molecule is CCCN(CCC)S(=O)(=O)c1ccc(NC(=O)C(C)Oc2ccc(-c3ccccc3)cc2)cc1. The van der Waals surface area contributed by atoms with Crippen molar-refractivity contribution in [2.75, 3.05) is 18.4 Å². The second-order valence-electron chi connectivity index (χ2n) is 8.07. The van der Waals surface area contributed by atoms with E-state index in [0.717, 1.165) is 24.0 Å². The Labute approximate surface area is 202 Å². The van der Waals surface area contributed by atoms with Gasteiger partial charge >= 0.3 is 0 Å². The van der Waals surface area contributed by atoms with Crippen LogP contribution >= 0.6 is 0 Å². The number of benzene rings is 3. The maximum absolute atomic E-state index is 12.9. The highest BCUT2D eigenvalue weighted by Gasteiger charge is 2.23. The Kier molecular flexibility index (Phi) is 8.85. The maximum atomic E-state index is 12.9. The molecule has 0 aliphatic rings. The Morgan fingerprint density at radius 2 is 1.41 bits per heavy atom. The zero-order chi connectivity index (χ0) is 24.6. The molecule has 0 spiro atoms. The molecule has 7 heteroatoms. The number of carbonyl (C=O) groups excluding carboxylic acids is 1. The first-order valence-electron chi connectivity index (χ1n) is 11.6. The molecular weight excluding hydrogens is 448 g/mol. The van der Waals surface area contributed by atoms with Gasteiger partial charge in [0.25, 0.3) is 5.91 Å². The van der Waals surface area contributed by atoms with Gasteiger partial charge in [-0.1, -0.05) is 56.3 Å². The van der Waals surface area contributed by atoms with Gasteiger partial charge in [-0.05, 0) is 67.3 Å². The molecule has 0 aliphatic carbocycles. The van der Waals surface area contributed by atoms with E-state index in [2.05, 4.69) is 5.32 Å². The van der Waals surface area contributed by atoms with Gasteiger partial charge in [-0.3, -0.25) is 4.79 Å². The number of rotatable bonds is 11. The largest absolute Gasteiger partial charge is 0.481 e. The Balaban J connectivity index is 1.61. The molecule has 0 aromatic heterocycles. The smallest absolute Gasteiger partial charge is 0.265 e. The molecule has 0 bridgehead atoms. The monoisotopic (exact) mass is 480 g/mol. The fourth-order valence-electron chi connectivity index (χ4n) is 3.57. The van der Waals surface area contributed by atoms with Crippen molar-refractivity contribution >= 4 is 21.6 Å². The van der Waals surface area contributed by atoms with Gasteiger partial charge in [0.1, 0.15) is 5.75 Å². The summed E-state index contributed by atoms with van der Waals surface area (Å²) in [5.74, 6) is 0.275. The lowest BCUT2D eigenvalue weighted by Gasteiger charge is -2.21. The van der Waals surface area contributed by atoms with E-state index in [1.54, 1.807) is 19.1 Å². The number of nitrogens with one attached hydrogen (secondary N) is 1. The molecular formula is C27H32N2O4S. The average molecular weight is 481 g/mol. The molecule has 1 amide bonds. The van der Waals surface area contributed by atoms with Crippen molar-refractivity contribution in [1.82, 2.24) is 4.31 Å². The summed E-state index contributed by atoms with van der Waals surface area (Å²) >= 11 is 0. The predicted octanol–water partition coefficient (Wildman–Crippen LogP) is 5.57. The number of ether oxygens (including phenoxy) is 1. The molecule has 34 heavy (non-hydrogen) atoms. The van der Waals surface area contributed by atoms with Crippen molar-refractivity contribution < 1.29 is 17.9 Å². The molecule has 180 valence electrons. The van der Waals surface area contributed by atoms with Crippen LogP contribution in [0.2, 0.25) is 0 Å². The Morgan fingerprint density at radius 3 is 1.97 bits per heavy atom. The lowest BCUT2D eigenvalue weighted by atomic mass is 10.1. The lowest BCUT2D eigenvalue weighted by molar-refractivity contribution is -0.122. The molecule has 6 nitrogen and oxygen atoms in total. The topological polar surface area (TPSA) is 75.7 Å². The van der Waals surface area contributed by atoms with Crippen molar-refractivity contribution in [3.05, 3.63) is 78.9 Å². The molecule has 0 heterocycles. The van der Waals surface area contributed by atoms with E-state index in [-0.39, 0.29) is 10.8 Å². The number of amides is 1. The van der Waals surface area contributed by atoms with Gasteiger partial charge in [-0.25, -0.2) is 8.42 Å². The highest BCUT2D eigenvalue weighted by molar-refractivity contribution is 7.89. The first-order chi connectivity index (χ1) is 16.3. The molecule has 3 rings (SSSR count). The molecule has 1 unspecified atom stereocenters. The third-order valence-corrected chi connectivity index (χ3v) is 7.26. The minimum Gasteiger partial charge on any atom is -0.481 e. The zero-order valence-electron chi connectivity index (χ0n) is 19.9. The van der Waals surface area contributed by atoms with Crippen LogP contribution in [0.1, 0.15) is 33.6 Å². The summed E-state index contributed by atoms with van der Waals surface area (Å²) in [6, 6.07) is 23.8. The van der Waals surface area contributed by atoms with Crippen molar-refractivity contribution in [3.8, 4) is 16.9 Å². The van der Waals surface area contributed by atoms with Gasteiger partial charge < -0.3 is 10.1 Å². The van der Waals surface area contributed by atoms with E-state index >= 15 is 0 Å². The van der Waals surface area contributed by atoms with Crippen LogP contribution in [-0.2, 0) is 14.8 Å². The van der Waals surface area contributed by atoms with Gasteiger partial charge in [0, 0.05) is 18.8 Å². The van der Waals surface area contributed by atoms with Crippen LogP contribution in [0, 0.1) is 0 Å². The predicted molar refractivity (Wildman–Crippen MR) is 136 cm³/mol. The number of anilines is 1. The molecule has 1 atom stereocenters. The van der Waals surface area contributed by atoms with E-state index in [4.69, 9.17) is 4.74 Å². The van der Waals surface area contributed by atoms with Gasteiger partial charge in [-0.15, -0.1) is 0 Å². The summed E-state index contributed by atoms with van der Waals surface area (Å²) in [6.45, 7) is 6.55. The van der Waals surface area contributed by atoms with E-state index < -0.39 is 16.1 Å². The molecule has 1 N–H and O–H groups in total. The molecule has 0 radical (unpaired) electrons. The van der Waals surface area contributed by atoms with Crippen LogP contribution in [0.25, 0.3) is 11.1 Å². The number of nitrogens with zero attached hydrogens (tertiary/aromatic N) is 1. The summed E-state index contributed by atoms with van der Waals surface area (Å²) in [6.07, 6.45) is 0.774. The van der Waals surface area contributed by atoms with Gasteiger partial charge in [-0.2, -0.15) is 4.31 Å². The van der Waals surface area contributed by atoms with Crippen LogP contribution in [0.5, 0.6) is 5.75 Å². The molecule has 3 aromatic carbocycles. The van der Waals surface area contributed by atoms with Crippen LogP contribution in [0.15, 0.2) is 83.8 Å². The molecule has 0 saturated heterocycles. The van der Waals surface area contributed by atoms with Gasteiger partial charge in [0.15, 0.2) is 6.10 Å². The van der Waals surface area contributed by atoms with Crippen LogP contribution in [0.3, 0.4) is 0 Å². The average Bonchev–Trinajstić information content (AvgIpc) is 2.85. The fourth-order valence-corrected chi connectivity index (χ4v) is 5.19. The highest BCUT2D eigenvalue weighted by Crippen LogP contribution is 2.23. The fraction of sp³-hybridized carbons (Fsp3) is 0.296. The van der Waals surface area contributed by atoms with Crippen LogP contribution in [0.4, 0.5) is 5.69 Å². The van der Waals surface area contributed by atoms with Crippen LogP contribution < -0.4 is 10.1 Å². The first kappa shape index (κ1) is 25.5. The van der Waals surface area contributed by atoms with Crippen LogP contribution in [-0.4, -0.2) is 37.8 Å². The lowest BCUT2D eigenvalue weighted by Crippen LogP contribution is -2.32. The summed E-state index contributed by atoms with van der Waals surface area (Å²) in [4.78, 5) is 12.8. The number of sulfonamides is 1. The maximum Gasteiger partial charge on any atom is 0.265 e. The Morgan fingerprint density at radius 1 is 0.853 bits per heavy atom. The Bertz CT molecular complexity index is 1160. The molecule has 3 aromatic rings. The van der Waals surface area contributed by atoms with E-state index in [9.17, 15) is 13.2 Å². The Hall–Kier alpha value is -3.16. The van der Waals surface area contributed by atoms with E-state index in [0.29, 0.717) is 24.5 Å². The second-order valence-corrected chi connectivity index (χ2v) is 10.0. The first-order valence-corrected chi connectivity index (χ1v) is 13.0. The van der Waals surface area contributed by atoms with Crippen molar-refractivity contribution in [3.63, 3.8) is 0 Å². The highest BCUT2D eigenvalue weighted by atomic mass is 32.2. The quantitative estimate of drug-likeness (QED) is 0.389. The van der Waals surface area contributed by atoms with Gasteiger partial charge in [0.05, 0.1) is 4.90 Å². The van der Waals surface area contributed by atoms with Crippen molar-refractivity contribution in [2.45, 2.75) is 44.6 Å². The van der Waals surface area contributed by atoms with Crippen molar-refractivity contribution in [2.24, 2.45) is 0 Å². The number of carbonyl (C=O) groups is 1. The third-order valence-electron chi connectivity index (χ3n) is 5.35. The summed E-state index contributed by atoms with van der Waals surface area (Å²) in [5, 5.41) is 2.79. The number of hydrogen-bond acceptors (Lipinski definition) is 4. The standard InChI is InChI=1S/C27H32N2O4S/c1-4-19-29(20-5-2)34(31,32)26-17-13-24(14-18-26)28-27(30)21(3)33-25-15-11-23(12-16-25)22-9-7-6-8-10-22/h6-18,21H,4-5,19-20H2,1-3H3,(H,28,30). The van der Waals surface area contributed by atoms with Crippen molar-refractivity contribution in [1.29, 1.82) is 0 Å². The summed E-state index contributed by atoms with van der Waals surface area (Å²) in [7, 11) is -3.56. The zero-order valence-corrected chi connectivity index (χ0v) is 20.7. The molecule has 0 fully saturated rings. The second kappa shape index (κ2) is 11.8. The van der Waals surface area contributed by atoms with E-state index in [1.165, 1.54) is 16.4 Å². The summed E-state index contributed by atoms with van der Waals surface area (Å²) < 4.78 is 33.1. The molecule has 0 saturated carbocycles. The normalized spacial score (nSPS) is 12.4. The third kappa shape index (κ3) is 6.46. The van der Waals surface area contributed by atoms with E-state index in [1.807, 2.05) is 68.4 Å². The van der Waals surface area contributed by atoms with Gasteiger partial charge in [0.2, 0.25) is 10.0 Å².